The van der Waals surface area contributed by atoms with E-state index in [1.165, 1.54) is 18.5 Å². The van der Waals surface area contributed by atoms with E-state index < -0.39 is 0 Å². The molecule has 2 nitrogen and oxygen atoms in total. The first-order valence-corrected chi connectivity index (χ1v) is 4.92. The number of benzene rings is 1. The molecular weight excluding hydrogens is 160 g/mol. The Balaban J connectivity index is 2.08. The minimum absolute atomic E-state index is 0.356. The van der Waals surface area contributed by atoms with Gasteiger partial charge in [-0.1, -0.05) is 18.2 Å². The third kappa shape index (κ3) is 2.01. The molecule has 1 fully saturated rings. The van der Waals surface area contributed by atoms with E-state index in [1.54, 1.807) is 0 Å². The van der Waals surface area contributed by atoms with Gasteiger partial charge in [0.2, 0.25) is 0 Å². The average molecular weight is 176 g/mol. The van der Waals surface area contributed by atoms with Crippen LogP contribution in [0.15, 0.2) is 30.3 Å². The summed E-state index contributed by atoms with van der Waals surface area (Å²) in [6.45, 7) is 2.15. The molecule has 2 heteroatoms. The quantitative estimate of drug-likeness (QED) is 0.704. The Morgan fingerprint density at radius 3 is 2.69 bits per heavy atom. The first-order valence-electron chi connectivity index (χ1n) is 4.92. The Morgan fingerprint density at radius 1 is 1.23 bits per heavy atom. The van der Waals surface area contributed by atoms with Crippen molar-refractivity contribution in [2.24, 2.45) is 5.73 Å². The number of nitrogens with two attached hydrogens (primary N) is 1. The van der Waals surface area contributed by atoms with Gasteiger partial charge in [0.15, 0.2) is 0 Å². The summed E-state index contributed by atoms with van der Waals surface area (Å²) >= 11 is 0. The molecule has 13 heavy (non-hydrogen) atoms. The van der Waals surface area contributed by atoms with Gasteiger partial charge in [0.1, 0.15) is 0 Å². The summed E-state index contributed by atoms with van der Waals surface area (Å²) in [5, 5.41) is 0. The Labute approximate surface area is 79.4 Å². The molecule has 70 valence electrons. The summed E-state index contributed by atoms with van der Waals surface area (Å²) in [5.41, 5.74) is 7.22. The van der Waals surface area contributed by atoms with Crippen LogP contribution in [-0.2, 0) is 0 Å². The van der Waals surface area contributed by atoms with Crippen LogP contribution in [0.25, 0.3) is 0 Å². The van der Waals surface area contributed by atoms with Gasteiger partial charge in [-0.25, -0.2) is 0 Å². The Hall–Kier alpha value is -1.02. The lowest BCUT2D eigenvalue weighted by Gasteiger charge is -2.32. The number of nitrogens with zero attached hydrogens (tertiary/aromatic N) is 1. The minimum Gasteiger partial charge on any atom is -0.370 e. The molecule has 1 aromatic carbocycles. The molecule has 1 heterocycles. The predicted octanol–water partition coefficient (Wildman–Crippen LogP) is 1.61. The first-order chi connectivity index (χ1) is 6.36. The molecular formula is C11H16N2. The molecule has 0 bridgehead atoms. The van der Waals surface area contributed by atoms with E-state index in [0.717, 1.165) is 13.1 Å². The van der Waals surface area contributed by atoms with Crippen LogP contribution in [0.5, 0.6) is 0 Å². The lowest BCUT2D eigenvalue weighted by molar-refractivity contribution is 0.506. The molecule has 0 radical (unpaired) electrons. The van der Waals surface area contributed by atoms with E-state index in [4.69, 9.17) is 5.73 Å². The average Bonchev–Trinajstić information content (AvgIpc) is 2.19. The van der Waals surface area contributed by atoms with Crippen LogP contribution in [0.4, 0.5) is 5.69 Å². The van der Waals surface area contributed by atoms with E-state index in [9.17, 15) is 0 Å². The van der Waals surface area contributed by atoms with Crippen molar-refractivity contribution in [3.8, 4) is 0 Å². The van der Waals surface area contributed by atoms with Gasteiger partial charge in [0.25, 0.3) is 0 Å². The molecule has 0 spiro atoms. The van der Waals surface area contributed by atoms with Gasteiger partial charge >= 0.3 is 0 Å². The van der Waals surface area contributed by atoms with Gasteiger partial charge in [-0.15, -0.1) is 0 Å². The molecule has 0 amide bonds. The highest BCUT2D eigenvalue weighted by atomic mass is 15.1. The Morgan fingerprint density at radius 2 is 2.00 bits per heavy atom. The number of para-hydroxylation sites is 1. The van der Waals surface area contributed by atoms with Gasteiger partial charge in [-0.05, 0) is 25.0 Å². The van der Waals surface area contributed by atoms with Gasteiger partial charge in [-0.3, -0.25) is 0 Å². The number of hydrogen-bond acceptors (Lipinski definition) is 2. The van der Waals surface area contributed by atoms with Gasteiger partial charge < -0.3 is 10.6 Å². The van der Waals surface area contributed by atoms with E-state index >= 15 is 0 Å². The molecule has 0 saturated carbocycles. The van der Waals surface area contributed by atoms with E-state index in [-0.39, 0.29) is 0 Å². The van der Waals surface area contributed by atoms with Crippen molar-refractivity contribution in [1.82, 2.24) is 0 Å². The number of rotatable bonds is 1. The van der Waals surface area contributed by atoms with Crippen LogP contribution in [0.1, 0.15) is 12.8 Å². The topological polar surface area (TPSA) is 29.3 Å². The van der Waals surface area contributed by atoms with Gasteiger partial charge in [0, 0.05) is 24.8 Å². The van der Waals surface area contributed by atoms with E-state index in [2.05, 4.69) is 29.2 Å². The first kappa shape index (κ1) is 8.57. The maximum Gasteiger partial charge on any atom is 0.0366 e. The Bertz CT molecular complexity index is 258. The van der Waals surface area contributed by atoms with Crippen LogP contribution < -0.4 is 10.6 Å². The minimum atomic E-state index is 0.356. The smallest absolute Gasteiger partial charge is 0.0366 e. The molecule has 1 saturated heterocycles. The van der Waals surface area contributed by atoms with Crippen LogP contribution >= 0.6 is 0 Å². The summed E-state index contributed by atoms with van der Waals surface area (Å²) < 4.78 is 0. The lowest BCUT2D eigenvalue weighted by atomic mass is 10.1. The van der Waals surface area contributed by atoms with Crippen molar-refractivity contribution in [1.29, 1.82) is 0 Å². The number of piperidine rings is 1. The van der Waals surface area contributed by atoms with Crippen LogP contribution in [-0.4, -0.2) is 19.1 Å². The molecule has 1 atom stereocenters. The Kier molecular flexibility index (Phi) is 2.50. The lowest BCUT2D eigenvalue weighted by Crippen LogP contribution is -2.42. The van der Waals surface area contributed by atoms with Crippen molar-refractivity contribution in [3.63, 3.8) is 0 Å². The fraction of sp³-hybridized carbons (Fsp3) is 0.455. The van der Waals surface area contributed by atoms with Crippen molar-refractivity contribution >= 4 is 5.69 Å². The number of anilines is 1. The summed E-state index contributed by atoms with van der Waals surface area (Å²) in [5.74, 6) is 0. The van der Waals surface area contributed by atoms with Crippen molar-refractivity contribution in [2.45, 2.75) is 18.9 Å². The van der Waals surface area contributed by atoms with Crippen molar-refractivity contribution in [3.05, 3.63) is 30.3 Å². The largest absolute Gasteiger partial charge is 0.370 e. The summed E-state index contributed by atoms with van der Waals surface area (Å²) in [4.78, 5) is 2.37. The highest BCUT2D eigenvalue weighted by Crippen LogP contribution is 2.18. The number of hydrogen-bond donors (Lipinski definition) is 1. The summed E-state index contributed by atoms with van der Waals surface area (Å²) in [6.07, 6.45) is 2.39. The predicted molar refractivity (Wildman–Crippen MR) is 55.9 cm³/mol. The second-order valence-corrected chi connectivity index (χ2v) is 3.68. The van der Waals surface area contributed by atoms with Crippen molar-refractivity contribution in [2.75, 3.05) is 18.0 Å². The van der Waals surface area contributed by atoms with E-state index in [1.807, 2.05) is 6.07 Å². The van der Waals surface area contributed by atoms with Crippen LogP contribution in [0.2, 0.25) is 0 Å². The monoisotopic (exact) mass is 176 g/mol. The normalized spacial score (nSPS) is 23.2. The highest BCUT2D eigenvalue weighted by molar-refractivity contribution is 5.46. The molecule has 0 aromatic heterocycles. The SMILES string of the molecule is NC1CCCN(c2ccccc2)C1. The highest BCUT2D eigenvalue weighted by Gasteiger charge is 2.16. The third-order valence-corrected chi connectivity index (χ3v) is 2.58. The molecule has 1 unspecified atom stereocenters. The maximum absolute atomic E-state index is 5.92. The van der Waals surface area contributed by atoms with Gasteiger partial charge in [-0.2, -0.15) is 0 Å². The maximum atomic E-state index is 5.92. The second kappa shape index (κ2) is 3.79. The zero-order valence-corrected chi connectivity index (χ0v) is 7.82. The van der Waals surface area contributed by atoms with E-state index in [0.29, 0.717) is 6.04 Å². The second-order valence-electron chi connectivity index (χ2n) is 3.68. The molecule has 1 aliphatic rings. The van der Waals surface area contributed by atoms with Crippen LogP contribution in [0.3, 0.4) is 0 Å². The standard InChI is InChI=1S/C11H16N2/c12-10-5-4-8-13(9-10)11-6-2-1-3-7-11/h1-3,6-7,10H,4-5,8-9,12H2. The molecule has 0 aliphatic carbocycles. The molecule has 2 N–H and O–H groups in total. The molecule has 1 aromatic rings. The van der Waals surface area contributed by atoms with Crippen molar-refractivity contribution < 1.29 is 0 Å². The zero-order valence-electron chi connectivity index (χ0n) is 7.82. The van der Waals surface area contributed by atoms with Crippen LogP contribution in [0, 0.1) is 0 Å². The third-order valence-electron chi connectivity index (χ3n) is 2.58. The zero-order chi connectivity index (χ0) is 9.10. The summed E-state index contributed by atoms with van der Waals surface area (Å²) in [6, 6.07) is 10.9. The molecule has 1 aliphatic heterocycles. The summed E-state index contributed by atoms with van der Waals surface area (Å²) in [7, 11) is 0. The molecule has 2 rings (SSSR count). The fourth-order valence-electron chi connectivity index (χ4n) is 1.88. The fourth-order valence-corrected chi connectivity index (χ4v) is 1.88. The van der Waals surface area contributed by atoms with Gasteiger partial charge in [0.05, 0.1) is 0 Å².